The summed E-state index contributed by atoms with van der Waals surface area (Å²) in [5.41, 5.74) is 0. The van der Waals surface area contributed by atoms with E-state index >= 15 is 0 Å². The molecule has 10 heteroatoms. The maximum Gasteiger partial charge on any atom is 0.245 e. The van der Waals surface area contributed by atoms with E-state index < -0.39 is 21.9 Å². The van der Waals surface area contributed by atoms with Gasteiger partial charge in [-0.15, -0.1) is 12.4 Å². The number of pyridine rings is 1. The van der Waals surface area contributed by atoms with Gasteiger partial charge in [-0.05, 0) is 6.07 Å². The summed E-state index contributed by atoms with van der Waals surface area (Å²) in [5.74, 6) is -0.0371. The van der Waals surface area contributed by atoms with Crippen molar-refractivity contribution in [2.75, 3.05) is 19.6 Å². The Hall–Kier alpha value is -1.55. The molecule has 3 rings (SSSR count). The van der Waals surface area contributed by atoms with E-state index in [2.05, 4.69) is 15.3 Å². The molecule has 3 heterocycles. The second-order valence-corrected chi connectivity index (χ2v) is 6.96. The Kier molecular flexibility index (Phi) is 5.35. The summed E-state index contributed by atoms with van der Waals surface area (Å²) in [6, 6.07) is 0.543. The average molecular weight is 362 g/mol. The molecule has 0 spiro atoms. The van der Waals surface area contributed by atoms with Gasteiger partial charge < -0.3 is 9.88 Å². The number of nitrogens with zero attached hydrogens (tertiary/aromatic N) is 4. The maximum absolute atomic E-state index is 13.3. The highest BCUT2D eigenvalue weighted by Gasteiger charge is 2.36. The fourth-order valence-corrected chi connectivity index (χ4v) is 4.12. The summed E-state index contributed by atoms with van der Waals surface area (Å²) in [7, 11) is -2.03. The number of rotatable bonds is 3. The zero-order valence-electron chi connectivity index (χ0n) is 12.4. The van der Waals surface area contributed by atoms with Gasteiger partial charge in [0, 0.05) is 45.3 Å². The topological polar surface area (TPSA) is 80.1 Å². The Labute approximate surface area is 140 Å². The Morgan fingerprint density at radius 1 is 1.39 bits per heavy atom. The van der Waals surface area contributed by atoms with Gasteiger partial charge >= 0.3 is 0 Å². The molecule has 1 saturated heterocycles. The van der Waals surface area contributed by atoms with E-state index in [0.717, 1.165) is 18.5 Å². The van der Waals surface area contributed by atoms with Crippen LogP contribution in [0.15, 0.2) is 35.7 Å². The van der Waals surface area contributed by atoms with E-state index in [4.69, 9.17) is 0 Å². The van der Waals surface area contributed by atoms with Gasteiger partial charge in [0.25, 0.3) is 0 Å². The predicted octanol–water partition coefficient (Wildman–Crippen LogP) is 0.711. The van der Waals surface area contributed by atoms with Crippen molar-refractivity contribution in [1.82, 2.24) is 24.2 Å². The third kappa shape index (κ3) is 3.37. The molecule has 126 valence electrons. The summed E-state index contributed by atoms with van der Waals surface area (Å²) in [5, 5.41) is 3.17. The van der Waals surface area contributed by atoms with Crippen molar-refractivity contribution in [3.05, 3.63) is 42.5 Å². The van der Waals surface area contributed by atoms with Crippen molar-refractivity contribution < 1.29 is 12.8 Å². The van der Waals surface area contributed by atoms with Gasteiger partial charge in [-0.25, -0.2) is 17.8 Å². The zero-order valence-corrected chi connectivity index (χ0v) is 14.0. The zero-order chi connectivity index (χ0) is 15.7. The number of halogens is 2. The van der Waals surface area contributed by atoms with Crippen LogP contribution < -0.4 is 5.32 Å². The van der Waals surface area contributed by atoms with Gasteiger partial charge in [-0.1, -0.05) is 0 Å². The summed E-state index contributed by atoms with van der Waals surface area (Å²) in [4.78, 5) is 7.73. The Bertz CT molecular complexity index is 782. The molecule has 1 aliphatic heterocycles. The van der Waals surface area contributed by atoms with Gasteiger partial charge in [0.2, 0.25) is 10.0 Å². The molecule has 2 aromatic heterocycles. The monoisotopic (exact) mass is 361 g/mol. The van der Waals surface area contributed by atoms with E-state index in [1.54, 1.807) is 17.0 Å². The van der Waals surface area contributed by atoms with Gasteiger partial charge in [-0.2, -0.15) is 4.31 Å². The molecule has 1 atom stereocenters. The van der Waals surface area contributed by atoms with E-state index in [1.165, 1.54) is 4.31 Å². The lowest BCUT2D eigenvalue weighted by Gasteiger charge is -2.34. The van der Waals surface area contributed by atoms with Crippen molar-refractivity contribution in [1.29, 1.82) is 0 Å². The van der Waals surface area contributed by atoms with Crippen LogP contribution in [0.4, 0.5) is 4.39 Å². The first-order valence-corrected chi connectivity index (χ1v) is 8.24. The molecule has 0 amide bonds. The Morgan fingerprint density at radius 2 is 2.17 bits per heavy atom. The van der Waals surface area contributed by atoms with Gasteiger partial charge in [0.15, 0.2) is 0 Å². The van der Waals surface area contributed by atoms with E-state index in [9.17, 15) is 12.8 Å². The number of piperazine rings is 1. The molecular weight excluding hydrogens is 345 g/mol. The molecule has 0 aromatic carbocycles. The van der Waals surface area contributed by atoms with Crippen LogP contribution in [-0.2, 0) is 17.1 Å². The van der Waals surface area contributed by atoms with Crippen LogP contribution in [0.3, 0.4) is 0 Å². The average Bonchev–Trinajstić information content (AvgIpc) is 2.93. The van der Waals surface area contributed by atoms with Crippen LogP contribution in [0, 0.1) is 5.82 Å². The summed E-state index contributed by atoms with van der Waals surface area (Å²) in [6.45, 7) is 1.27. The van der Waals surface area contributed by atoms with Crippen molar-refractivity contribution >= 4 is 22.4 Å². The van der Waals surface area contributed by atoms with Crippen molar-refractivity contribution in [3.8, 4) is 0 Å². The normalized spacial score (nSPS) is 19.3. The lowest BCUT2D eigenvalue weighted by atomic mass is 10.2. The Morgan fingerprint density at radius 3 is 2.83 bits per heavy atom. The van der Waals surface area contributed by atoms with E-state index in [0.29, 0.717) is 18.9 Å². The molecule has 2 aromatic rings. The van der Waals surface area contributed by atoms with Gasteiger partial charge in [0.1, 0.15) is 16.5 Å². The molecule has 1 N–H and O–H groups in total. The smallest absolute Gasteiger partial charge is 0.245 e. The summed E-state index contributed by atoms with van der Waals surface area (Å²) >= 11 is 0. The number of sulfonamides is 1. The molecule has 0 saturated carbocycles. The quantitative estimate of drug-likeness (QED) is 0.871. The molecule has 1 unspecified atom stereocenters. The minimum atomic E-state index is -3.84. The SMILES string of the molecule is Cl.Cn1ccnc1C1CNCCN1S(=O)(=O)c1cncc(F)c1. The molecular formula is C13H17ClFN5O2S. The number of imidazole rings is 1. The summed E-state index contributed by atoms with van der Waals surface area (Å²) < 4.78 is 42.1. The first-order valence-electron chi connectivity index (χ1n) is 6.80. The Balaban J connectivity index is 0.00000192. The lowest BCUT2D eigenvalue weighted by molar-refractivity contribution is 0.258. The van der Waals surface area contributed by atoms with Crippen LogP contribution in [0.5, 0.6) is 0 Å². The molecule has 23 heavy (non-hydrogen) atoms. The van der Waals surface area contributed by atoms with E-state index in [-0.39, 0.29) is 23.8 Å². The highest BCUT2D eigenvalue weighted by molar-refractivity contribution is 7.89. The highest BCUT2D eigenvalue weighted by Crippen LogP contribution is 2.27. The fraction of sp³-hybridized carbons (Fsp3) is 0.385. The molecule has 0 radical (unpaired) electrons. The van der Waals surface area contributed by atoms with Gasteiger partial charge in [0.05, 0.1) is 12.2 Å². The van der Waals surface area contributed by atoms with Crippen LogP contribution in [0.1, 0.15) is 11.9 Å². The van der Waals surface area contributed by atoms with Crippen LogP contribution >= 0.6 is 12.4 Å². The molecule has 1 aliphatic rings. The van der Waals surface area contributed by atoms with Crippen LogP contribution in [0.25, 0.3) is 0 Å². The van der Waals surface area contributed by atoms with E-state index in [1.807, 2.05) is 7.05 Å². The largest absolute Gasteiger partial charge is 0.337 e. The number of hydrogen-bond donors (Lipinski definition) is 1. The van der Waals surface area contributed by atoms with Crippen molar-refractivity contribution in [2.45, 2.75) is 10.9 Å². The minimum Gasteiger partial charge on any atom is -0.337 e. The second kappa shape index (κ2) is 6.91. The second-order valence-electron chi connectivity index (χ2n) is 5.07. The molecule has 0 aliphatic carbocycles. The number of hydrogen-bond acceptors (Lipinski definition) is 5. The first kappa shape index (κ1) is 17.8. The third-order valence-electron chi connectivity index (χ3n) is 3.64. The number of aromatic nitrogens is 3. The molecule has 0 bridgehead atoms. The number of aryl methyl sites for hydroxylation is 1. The maximum atomic E-state index is 13.3. The van der Waals surface area contributed by atoms with Crippen LogP contribution in [0.2, 0.25) is 0 Å². The van der Waals surface area contributed by atoms with Crippen LogP contribution in [-0.4, -0.2) is 46.9 Å². The van der Waals surface area contributed by atoms with Crippen molar-refractivity contribution in [3.63, 3.8) is 0 Å². The summed E-state index contributed by atoms with van der Waals surface area (Å²) in [6.07, 6.45) is 5.53. The molecule has 1 fully saturated rings. The van der Waals surface area contributed by atoms with Crippen molar-refractivity contribution in [2.24, 2.45) is 7.05 Å². The predicted molar refractivity (Wildman–Crippen MR) is 84.2 cm³/mol. The third-order valence-corrected chi connectivity index (χ3v) is 5.51. The number of nitrogens with one attached hydrogen (secondary N) is 1. The van der Waals surface area contributed by atoms with Gasteiger partial charge in [-0.3, -0.25) is 4.98 Å². The molecule has 7 nitrogen and oxygen atoms in total. The highest BCUT2D eigenvalue weighted by atomic mass is 35.5. The first-order chi connectivity index (χ1) is 10.5. The standard InChI is InChI=1S/C13H16FN5O2S.ClH/c1-18-4-3-17-13(18)12-9-15-2-5-19(12)22(20,21)11-6-10(14)7-16-8-11;/h3-4,6-8,12,15H,2,5,9H2,1H3;1H. The lowest BCUT2D eigenvalue weighted by Crippen LogP contribution is -2.49. The fourth-order valence-electron chi connectivity index (χ4n) is 2.56. The minimum absolute atomic E-state index is 0.